The van der Waals surface area contributed by atoms with E-state index in [1.807, 2.05) is 49.4 Å². The maximum absolute atomic E-state index is 12.4. The summed E-state index contributed by atoms with van der Waals surface area (Å²) in [7, 11) is 0. The molecule has 2 rings (SSSR count). The van der Waals surface area contributed by atoms with Gasteiger partial charge in [0.2, 0.25) is 0 Å². The highest BCUT2D eigenvalue weighted by Gasteiger charge is 2.11. The second-order valence-electron chi connectivity index (χ2n) is 4.34. The van der Waals surface area contributed by atoms with Gasteiger partial charge in [-0.2, -0.15) is 0 Å². The summed E-state index contributed by atoms with van der Waals surface area (Å²) in [5.41, 5.74) is 3.76. The molecular formula is C16H15BrO. The second kappa shape index (κ2) is 5.49. The molecule has 0 heterocycles. The Labute approximate surface area is 116 Å². The first-order chi connectivity index (χ1) is 8.61. The molecule has 0 fully saturated rings. The first-order valence-corrected chi connectivity index (χ1v) is 6.81. The molecule has 0 bridgehead atoms. The van der Waals surface area contributed by atoms with Crippen LogP contribution in [0.4, 0.5) is 0 Å². The van der Waals surface area contributed by atoms with Crippen LogP contribution in [0.15, 0.2) is 46.9 Å². The van der Waals surface area contributed by atoms with Gasteiger partial charge in [-0.05, 0) is 42.7 Å². The zero-order valence-electron chi connectivity index (χ0n) is 10.5. The average Bonchev–Trinajstić information content (AvgIpc) is 2.38. The Bertz CT molecular complexity index is 570. The number of carbonyl (C=O) groups is 1. The predicted octanol–water partition coefficient (Wildman–Crippen LogP) is 4.55. The summed E-state index contributed by atoms with van der Waals surface area (Å²) in [6, 6.07) is 13.6. The van der Waals surface area contributed by atoms with Gasteiger partial charge in [-0.1, -0.05) is 47.1 Å². The van der Waals surface area contributed by atoms with Gasteiger partial charge in [0, 0.05) is 15.6 Å². The number of hydrogen-bond acceptors (Lipinski definition) is 1. The molecular weight excluding hydrogens is 288 g/mol. The molecule has 0 amide bonds. The van der Waals surface area contributed by atoms with E-state index in [1.54, 1.807) is 0 Å². The largest absolute Gasteiger partial charge is 0.289 e. The highest BCUT2D eigenvalue weighted by Crippen LogP contribution is 2.19. The van der Waals surface area contributed by atoms with Crippen LogP contribution in [0.25, 0.3) is 0 Å². The van der Waals surface area contributed by atoms with Gasteiger partial charge in [0.05, 0.1) is 0 Å². The van der Waals surface area contributed by atoms with Crippen LogP contribution >= 0.6 is 15.9 Å². The Kier molecular flexibility index (Phi) is 3.97. The molecule has 2 aromatic rings. The van der Waals surface area contributed by atoms with Crippen LogP contribution in [0.5, 0.6) is 0 Å². The highest BCUT2D eigenvalue weighted by molar-refractivity contribution is 9.10. The van der Waals surface area contributed by atoms with E-state index < -0.39 is 0 Å². The van der Waals surface area contributed by atoms with Crippen LogP contribution < -0.4 is 0 Å². The molecule has 0 atom stereocenters. The van der Waals surface area contributed by atoms with Gasteiger partial charge in [0.15, 0.2) is 5.78 Å². The van der Waals surface area contributed by atoms with Crippen molar-refractivity contribution in [2.45, 2.75) is 20.3 Å². The number of rotatable bonds is 3. The third kappa shape index (κ3) is 2.70. The number of carbonyl (C=O) groups excluding carboxylic acids is 1. The Morgan fingerprint density at radius 3 is 2.33 bits per heavy atom. The summed E-state index contributed by atoms with van der Waals surface area (Å²) in [6.07, 6.45) is 0.992. The smallest absolute Gasteiger partial charge is 0.193 e. The van der Waals surface area contributed by atoms with Crippen molar-refractivity contribution in [2.75, 3.05) is 0 Å². The SMILES string of the molecule is CCc1ccc(C(=O)c2ccc(Br)cc2C)cc1. The number of aryl methyl sites for hydroxylation is 2. The first-order valence-electron chi connectivity index (χ1n) is 6.01. The van der Waals surface area contributed by atoms with Crippen molar-refractivity contribution >= 4 is 21.7 Å². The van der Waals surface area contributed by atoms with Crippen molar-refractivity contribution in [3.8, 4) is 0 Å². The van der Waals surface area contributed by atoms with Crippen LogP contribution in [0.1, 0.15) is 34.0 Å². The summed E-state index contributed by atoms with van der Waals surface area (Å²) >= 11 is 3.41. The van der Waals surface area contributed by atoms with E-state index in [4.69, 9.17) is 0 Å². The van der Waals surface area contributed by atoms with E-state index in [1.165, 1.54) is 5.56 Å². The van der Waals surface area contributed by atoms with E-state index in [0.29, 0.717) is 0 Å². The topological polar surface area (TPSA) is 17.1 Å². The molecule has 2 aromatic carbocycles. The number of hydrogen-bond donors (Lipinski definition) is 0. The summed E-state index contributed by atoms with van der Waals surface area (Å²) in [5.74, 6) is 0.0858. The Morgan fingerprint density at radius 2 is 1.78 bits per heavy atom. The third-order valence-corrected chi connectivity index (χ3v) is 3.55. The molecule has 0 saturated heterocycles. The van der Waals surface area contributed by atoms with Gasteiger partial charge in [-0.3, -0.25) is 4.79 Å². The standard InChI is InChI=1S/C16H15BrO/c1-3-12-4-6-13(7-5-12)16(18)15-9-8-14(17)10-11(15)2/h4-10H,3H2,1-2H3. The van der Waals surface area contributed by atoms with Gasteiger partial charge in [0.25, 0.3) is 0 Å². The lowest BCUT2D eigenvalue weighted by molar-refractivity contribution is 0.103. The fourth-order valence-corrected chi connectivity index (χ4v) is 2.40. The summed E-state index contributed by atoms with van der Waals surface area (Å²) in [5, 5.41) is 0. The van der Waals surface area contributed by atoms with Gasteiger partial charge >= 0.3 is 0 Å². The van der Waals surface area contributed by atoms with Gasteiger partial charge in [-0.25, -0.2) is 0 Å². The highest BCUT2D eigenvalue weighted by atomic mass is 79.9. The maximum Gasteiger partial charge on any atom is 0.193 e. The Morgan fingerprint density at radius 1 is 1.11 bits per heavy atom. The molecule has 0 radical (unpaired) electrons. The molecule has 0 aromatic heterocycles. The van der Waals surface area contributed by atoms with E-state index in [9.17, 15) is 4.79 Å². The first kappa shape index (κ1) is 13.0. The summed E-state index contributed by atoms with van der Waals surface area (Å²) in [6.45, 7) is 4.06. The van der Waals surface area contributed by atoms with E-state index >= 15 is 0 Å². The lowest BCUT2D eigenvalue weighted by atomic mass is 9.98. The minimum atomic E-state index is 0.0858. The van der Waals surface area contributed by atoms with Gasteiger partial charge in [0.1, 0.15) is 0 Å². The molecule has 0 N–H and O–H groups in total. The molecule has 0 aliphatic heterocycles. The van der Waals surface area contributed by atoms with Crippen LogP contribution in [0.3, 0.4) is 0 Å². The van der Waals surface area contributed by atoms with Crippen molar-refractivity contribution in [2.24, 2.45) is 0 Å². The van der Waals surface area contributed by atoms with Crippen molar-refractivity contribution < 1.29 is 4.79 Å². The molecule has 0 aliphatic carbocycles. The molecule has 2 heteroatoms. The molecule has 0 aliphatic rings. The Balaban J connectivity index is 2.35. The molecule has 1 nitrogen and oxygen atoms in total. The van der Waals surface area contributed by atoms with Crippen molar-refractivity contribution in [3.05, 3.63) is 69.2 Å². The minimum Gasteiger partial charge on any atom is -0.289 e. The van der Waals surface area contributed by atoms with Crippen LogP contribution in [0.2, 0.25) is 0 Å². The number of ketones is 1. The maximum atomic E-state index is 12.4. The number of benzene rings is 2. The summed E-state index contributed by atoms with van der Waals surface area (Å²) < 4.78 is 0.998. The van der Waals surface area contributed by atoms with Crippen molar-refractivity contribution in [1.82, 2.24) is 0 Å². The van der Waals surface area contributed by atoms with Gasteiger partial charge in [-0.15, -0.1) is 0 Å². The third-order valence-electron chi connectivity index (χ3n) is 3.06. The van der Waals surface area contributed by atoms with Crippen molar-refractivity contribution in [3.63, 3.8) is 0 Å². The van der Waals surface area contributed by atoms with Crippen LogP contribution in [-0.2, 0) is 6.42 Å². The van der Waals surface area contributed by atoms with Crippen LogP contribution in [0, 0.1) is 6.92 Å². The normalized spacial score (nSPS) is 10.4. The second-order valence-corrected chi connectivity index (χ2v) is 5.25. The van der Waals surface area contributed by atoms with Crippen molar-refractivity contribution in [1.29, 1.82) is 0 Å². The molecule has 0 unspecified atom stereocenters. The van der Waals surface area contributed by atoms with E-state index in [2.05, 4.69) is 22.9 Å². The quantitative estimate of drug-likeness (QED) is 0.760. The minimum absolute atomic E-state index is 0.0858. The van der Waals surface area contributed by atoms with Crippen LogP contribution in [-0.4, -0.2) is 5.78 Å². The molecule has 0 spiro atoms. The fourth-order valence-electron chi connectivity index (χ4n) is 1.93. The molecule has 0 saturated carbocycles. The van der Waals surface area contributed by atoms with E-state index in [-0.39, 0.29) is 5.78 Å². The zero-order chi connectivity index (χ0) is 13.1. The monoisotopic (exact) mass is 302 g/mol. The summed E-state index contributed by atoms with van der Waals surface area (Å²) in [4.78, 5) is 12.4. The Hall–Kier alpha value is -1.41. The molecule has 18 heavy (non-hydrogen) atoms. The zero-order valence-corrected chi connectivity index (χ0v) is 12.1. The average molecular weight is 303 g/mol. The fraction of sp³-hybridized carbons (Fsp3) is 0.188. The number of halogens is 1. The predicted molar refractivity (Wildman–Crippen MR) is 78.1 cm³/mol. The van der Waals surface area contributed by atoms with E-state index in [0.717, 1.165) is 27.6 Å². The lowest BCUT2D eigenvalue weighted by Gasteiger charge is -2.06. The van der Waals surface area contributed by atoms with Gasteiger partial charge < -0.3 is 0 Å². The lowest BCUT2D eigenvalue weighted by Crippen LogP contribution is -2.03. The molecule has 92 valence electrons.